The molecule has 3 aromatic carbocycles. The van der Waals surface area contributed by atoms with Gasteiger partial charge in [-0.15, -0.1) is 0 Å². The Hall–Kier alpha value is -3.65. The fourth-order valence-electron chi connectivity index (χ4n) is 4.72. The summed E-state index contributed by atoms with van der Waals surface area (Å²) in [7, 11) is -3.55. The second-order valence-electron chi connectivity index (χ2n) is 9.89. The minimum Gasteiger partial charge on any atom is -0.355 e. The van der Waals surface area contributed by atoms with Crippen LogP contribution in [-0.2, 0) is 32.6 Å². The van der Waals surface area contributed by atoms with E-state index in [2.05, 4.69) is 5.32 Å². The van der Waals surface area contributed by atoms with Gasteiger partial charge in [-0.05, 0) is 61.6 Å². The van der Waals surface area contributed by atoms with Gasteiger partial charge in [0, 0.05) is 32.5 Å². The number of hydrogen-bond donors (Lipinski definition) is 1. The highest BCUT2D eigenvalue weighted by atomic mass is 32.2. The summed E-state index contributed by atoms with van der Waals surface area (Å²) in [5.41, 5.74) is 4.40. The maximum atomic E-state index is 13.7. The van der Waals surface area contributed by atoms with Crippen molar-refractivity contribution in [2.24, 2.45) is 0 Å². The smallest absolute Gasteiger partial charge is 0.243 e. The van der Waals surface area contributed by atoms with E-state index in [4.69, 9.17) is 0 Å². The summed E-state index contributed by atoms with van der Waals surface area (Å²) >= 11 is 0. The molecule has 0 radical (unpaired) electrons. The number of anilines is 1. The fraction of sp³-hybridized carbons (Fsp3) is 0.355. The van der Waals surface area contributed by atoms with Gasteiger partial charge >= 0.3 is 0 Å². The molecule has 3 rings (SSSR count). The Kier molecular flexibility index (Phi) is 10.7. The molecule has 3 aromatic rings. The Morgan fingerprint density at radius 1 is 0.872 bits per heavy atom. The molecule has 0 aromatic heterocycles. The van der Waals surface area contributed by atoms with Crippen molar-refractivity contribution in [3.8, 4) is 0 Å². The van der Waals surface area contributed by atoms with Crippen molar-refractivity contribution in [2.45, 2.75) is 52.6 Å². The number of nitrogens with zero attached hydrogens (tertiary/aromatic N) is 2. The number of amides is 2. The SMILES string of the molecule is CCNC(=O)C(Cc1ccccc1)N(Cc1ccccc1)C(=O)CCCN(c1cc(C)cc(C)c1)S(C)(=O)=O. The Labute approximate surface area is 232 Å². The molecule has 39 heavy (non-hydrogen) atoms. The average Bonchev–Trinajstić information content (AvgIpc) is 2.88. The normalized spacial score (nSPS) is 12.0. The molecule has 0 saturated heterocycles. The maximum Gasteiger partial charge on any atom is 0.243 e. The summed E-state index contributed by atoms with van der Waals surface area (Å²) in [5.74, 6) is -0.404. The lowest BCUT2D eigenvalue weighted by molar-refractivity contribution is -0.141. The second kappa shape index (κ2) is 13.9. The topological polar surface area (TPSA) is 86.8 Å². The van der Waals surface area contributed by atoms with Gasteiger partial charge in [-0.2, -0.15) is 0 Å². The van der Waals surface area contributed by atoms with Crippen molar-refractivity contribution in [3.63, 3.8) is 0 Å². The number of hydrogen-bond acceptors (Lipinski definition) is 4. The number of rotatable bonds is 13. The molecular weight excluding hydrogens is 510 g/mol. The van der Waals surface area contributed by atoms with Crippen LogP contribution in [0.1, 0.15) is 42.0 Å². The van der Waals surface area contributed by atoms with Gasteiger partial charge in [-0.3, -0.25) is 13.9 Å². The number of sulfonamides is 1. The third-order valence-electron chi connectivity index (χ3n) is 6.46. The zero-order valence-corrected chi connectivity index (χ0v) is 24.1. The van der Waals surface area contributed by atoms with Crippen LogP contribution in [0, 0.1) is 13.8 Å². The summed E-state index contributed by atoms with van der Waals surface area (Å²) in [6.45, 7) is 6.61. The molecule has 2 amide bonds. The molecule has 0 aliphatic heterocycles. The van der Waals surface area contributed by atoms with Crippen molar-refractivity contribution in [2.75, 3.05) is 23.7 Å². The van der Waals surface area contributed by atoms with Gasteiger partial charge in [-0.1, -0.05) is 66.7 Å². The van der Waals surface area contributed by atoms with Gasteiger partial charge in [0.25, 0.3) is 0 Å². The van der Waals surface area contributed by atoms with Gasteiger partial charge in [0.05, 0.1) is 11.9 Å². The lowest BCUT2D eigenvalue weighted by Crippen LogP contribution is -2.50. The Morgan fingerprint density at radius 2 is 1.44 bits per heavy atom. The van der Waals surface area contributed by atoms with E-state index in [0.29, 0.717) is 25.1 Å². The first-order valence-corrected chi connectivity index (χ1v) is 15.1. The Bertz CT molecular complexity index is 1320. The van der Waals surface area contributed by atoms with Crippen molar-refractivity contribution in [1.29, 1.82) is 0 Å². The van der Waals surface area contributed by atoms with Crippen LogP contribution in [0.25, 0.3) is 0 Å². The number of carbonyl (C=O) groups excluding carboxylic acids is 2. The number of likely N-dealkylation sites (N-methyl/N-ethyl adjacent to an activating group) is 1. The van der Waals surface area contributed by atoms with Crippen LogP contribution in [0.15, 0.2) is 78.9 Å². The lowest BCUT2D eigenvalue weighted by atomic mass is 10.0. The highest BCUT2D eigenvalue weighted by molar-refractivity contribution is 7.92. The molecule has 8 heteroatoms. The molecule has 1 N–H and O–H groups in total. The Morgan fingerprint density at radius 3 is 1.97 bits per heavy atom. The van der Waals surface area contributed by atoms with Gasteiger partial charge in [0.1, 0.15) is 6.04 Å². The van der Waals surface area contributed by atoms with E-state index < -0.39 is 16.1 Å². The highest BCUT2D eigenvalue weighted by Crippen LogP contribution is 2.23. The third kappa shape index (κ3) is 8.96. The maximum absolute atomic E-state index is 13.7. The minimum atomic E-state index is -3.55. The summed E-state index contributed by atoms with van der Waals surface area (Å²) in [6, 6.07) is 24.2. The molecule has 0 spiro atoms. The quantitative estimate of drug-likeness (QED) is 0.337. The Balaban J connectivity index is 1.85. The zero-order chi connectivity index (χ0) is 28.4. The van der Waals surface area contributed by atoms with E-state index in [9.17, 15) is 18.0 Å². The number of nitrogens with one attached hydrogen (secondary N) is 1. The summed E-state index contributed by atoms with van der Waals surface area (Å²) in [4.78, 5) is 28.6. The van der Waals surface area contributed by atoms with E-state index in [1.165, 1.54) is 10.6 Å². The lowest BCUT2D eigenvalue weighted by Gasteiger charge is -2.32. The summed E-state index contributed by atoms with van der Waals surface area (Å²) in [5, 5.41) is 2.89. The third-order valence-corrected chi connectivity index (χ3v) is 7.66. The first-order chi connectivity index (χ1) is 18.6. The first kappa shape index (κ1) is 29.9. The molecule has 0 bridgehead atoms. The molecule has 0 fully saturated rings. The number of benzene rings is 3. The molecule has 0 aliphatic carbocycles. The molecule has 208 valence electrons. The van der Waals surface area contributed by atoms with Crippen molar-refractivity contribution in [1.82, 2.24) is 10.2 Å². The van der Waals surface area contributed by atoms with Crippen molar-refractivity contribution in [3.05, 3.63) is 101 Å². The molecule has 0 aliphatic rings. The molecule has 7 nitrogen and oxygen atoms in total. The fourth-order valence-corrected chi connectivity index (χ4v) is 5.67. The van der Waals surface area contributed by atoms with E-state index in [1.54, 1.807) is 4.90 Å². The summed E-state index contributed by atoms with van der Waals surface area (Å²) < 4.78 is 26.7. The van der Waals surface area contributed by atoms with Crippen LogP contribution in [0.2, 0.25) is 0 Å². The van der Waals surface area contributed by atoms with Gasteiger partial charge in [-0.25, -0.2) is 8.42 Å². The molecule has 0 heterocycles. The van der Waals surface area contributed by atoms with Crippen LogP contribution in [-0.4, -0.2) is 50.5 Å². The minimum absolute atomic E-state index is 0.106. The zero-order valence-electron chi connectivity index (χ0n) is 23.3. The van der Waals surface area contributed by atoms with E-state index in [1.807, 2.05) is 99.6 Å². The van der Waals surface area contributed by atoms with Crippen LogP contribution < -0.4 is 9.62 Å². The predicted octanol–water partition coefficient (Wildman–Crippen LogP) is 4.63. The average molecular weight is 550 g/mol. The monoisotopic (exact) mass is 549 g/mol. The van der Waals surface area contributed by atoms with Gasteiger partial charge in [0.15, 0.2) is 0 Å². The second-order valence-corrected chi connectivity index (χ2v) is 11.8. The molecule has 1 unspecified atom stereocenters. The number of carbonyl (C=O) groups is 2. The van der Waals surface area contributed by atoms with Crippen molar-refractivity contribution < 1.29 is 18.0 Å². The molecule has 0 saturated carbocycles. The first-order valence-electron chi connectivity index (χ1n) is 13.3. The molecular formula is C31H39N3O4S. The van der Waals surface area contributed by atoms with Crippen molar-refractivity contribution >= 4 is 27.5 Å². The summed E-state index contributed by atoms with van der Waals surface area (Å²) in [6.07, 6.45) is 1.98. The van der Waals surface area contributed by atoms with E-state index in [-0.39, 0.29) is 31.3 Å². The van der Waals surface area contributed by atoms with Crippen LogP contribution in [0.4, 0.5) is 5.69 Å². The number of aryl methyl sites for hydroxylation is 2. The van der Waals surface area contributed by atoms with Gasteiger partial charge in [0.2, 0.25) is 21.8 Å². The van der Waals surface area contributed by atoms with E-state index >= 15 is 0 Å². The van der Waals surface area contributed by atoms with Gasteiger partial charge < -0.3 is 10.2 Å². The van der Waals surface area contributed by atoms with E-state index in [0.717, 1.165) is 22.3 Å². The molecule has 1 atom stereocenters. The predicted molar refractivity (Wildman–Crippen MR) is 157 cm³/mol. The highest BCUT2D eigenvalue weighted by Gasteiger charge is 2.30. The standard InChI is InChI=1S/C31H39N3O4S/c1-5-32-31(36)29(22-26-13-8-6-9-14-26)33(23-27-15-10-7-11-16-27)30(35)17-12-18-34(39(4,37)38)28-20-24(2)19-25(3)21-28/h6-11,13-16,19-21,29H,5,12,17-18,22-23H2,1-4H3,(H,32,36). The largest absolute Gasteiger partial charge is 0.355 e. The van der Waals surface area contributed by atoms with Crippen LogP contribution in [0.3, 0.4) is 0 Å². The van der Waals surface area contributed by atoms with Crippen LogP contribution in [0.5, 0.6) is 0 Å². The van der Waals surface area contributed by atoms with Crippen LogP contribution >= 0.6 is 0 Å².